The van der Waals surface area contributed by atoms with E-state index in [1.807, 2.05) is 40.8 Å². The quantitative estimate of drug-likeness (QED) is 0.933. The van der Waals surface area contributed by atoms with Crippen molar-refractivity contribution in [3.05, 3.63) is 35.8 Å². The fraction of sp³-hybridized carbons (Fsp3) is 0.600. The Morgan fingerprint density at radius 2 is 2.28 bits per heavy atom. The number of likely N-dealkylation sites (tertiary alicyclic amines) is 1. The third-order valence-corrected chi connectivity index (χ3v) is 6.42. The lowest BCUT2D eigenvalue weighted by atomic mass is 9.69. The Labute approximate surface area is 148 Å². The summed E-state index contributed by atoms with van der Waals surface area (Å²) in [5, 5.41) is 10.9. The van der Waals surface area contributed by atoms with E-state index in [0.29, 0.717) is 18.9 Å². The molecule has 5 nitrogen and oxygen atoms in total. The van der Waals surface area contributed by atoms with E-state index in [9.17, 15) is 9.90 Å². The molecular weight excluding hydrogens is 314 g/mol. The number of amides is 1. The van der Waals surface area contributed by atoms with Gasteiger partial charge in [-0.2, -0.15) is 0 Å². The Morgan fingerprint density at radius 3 is 3.08 bits per heavy atom. The topological polar surface area (TPSA) is 57.8 Å². The highest BCUT2D eigenvalue weighted by atomic mass is 16.3. The summed E-state index contributed by atoms with van der Waals surface area (Å²) in [6.45, 7) is 5.59. The molecule has 134 valence electrons. The summed E-state index contributed by atoms with van der Waals surface area (Å²) in [7, 11) is 0. The second-order valence-corrected chi connectivity index (χ2v) is 7.83. The van der Waals surface area contributed by atoms with Crippen LogP contribution in [0.5, 0.6) is 0 Å². The highest BCUT2D eigenvalue weighted by Gasteiger charge is 2.48. The van der Waals surface area contributed by atoms with Crippen LogP contribution in [0.25, 0.3) is 5.65 Å². The van der Waals surface area contributed by atoms with E-state index in [0.717, 1.165) is 49.1 Å². The number of hydrogen-bond donors (Lipinski definition) is 1. The molecule has 0 unspecified atom stereocenters. The number of rotatable bonds is 3. The lowest BCUT2D eigenvalue weighted by molar-refractivity contribution is -0.130. The van der Waals surface area contributed by atoms with Crippen LogP contribution >= 0.6 is 0 Å². The molecule has 2 aliphatic rings. The molecule has 2 fully saturated rings. The Bertz CT molecular complexity index is 799. The zero-order valence-electron chi connectivity index (χ0n) is 15.1. The van der Waals surface area contributed by atoms with Gasteiger partial charge in [-0.15, -0.1) is 0 Å². The number of hydrogen-bond acceptors (Lipinski definition) is 3. The third kappa shape index (κ3) is 2.74. The number of aliphatic hydroxyl groups is 1. The first-order valence-corrected chi connectivity index (χ1v) is 9.43. The van der Waals surface area contributed by atoms with Gasteiger partial charge in [0.25, 0.3) is 0 Å². The van der Waals surface area contributed by atoms with Gasteiger partial charge in [-0.1, -0.05) is 19.4 Å². The lowest BCUT2D eigenvalue weighted by Crippen LogP contribution is -2.44. The van der Waals surface area contributed by atoms with Gasteiger partial charge in [0, 0.05) is 31.4 Å². The highest BCUT2D eigenvalue weighted by Crippen LogP contribution is 2.44. The van der Waals surface area contributed by atoms with E-state index in [2.05, 4.69) is 11.9 Å². The van der Waals surface area contributed by atoms with Crippen LogP contribution in [-0.4, -0.2) is 44.0 Å². The van der Waals surface area contributed by atoms with Crippen molar-refractivity contribution in [1.29, 1.82) is 0 Å². The van der Waals surface area contributed by atoms with Crippen molar-refractivity contribution < 1.29 is 9.90 Å². The molecule has 1 saturated heterocycles. The molecule has 3 atom stereocenters. The molecule has 1 aliphatic carbocycles. The minimum atomic E-state index is -0.585. The van der Waals surface area contributed by atoms with Gasteiger partial charge in [-0.3, -0.25) is 4.79 Å². The molecule has 0 radical (unpaired) electrons. The summed E-state index contributed by atoms with van der Waals surface area (Å²) in [5.41, 5.74) is 2.38. The van der Waals surface area contributed by atoms with Crippen molar-refractivity contribution in [1.82, 2.24) is 14.3 Å². The largest absolute Gasteiger partial charge is 0.390 e. The van der Waals surface area contributed by atoms with Crippen LogP contribution in [0.3, 0.4) is 0 Å². The van der Waals surface area contributed by atoms with Gasteiger partial charge in [0.15, 0.2) is 0 Å². The van der Waals surface area contributed by atoms with Gasteiger partial charge in [-0.25, -0.2) is 4.98 Å². The first-order chi connectivity index (χ1) is 12.0. The Hall–Kier alpha value is -1.88. The lowest BCUT2D eigenvalue weighted by Gasteiger charge is -2.40. The van der Waals surface area contributed by atoms with E-state index in [1.165, 1.54) is 0 Å². The number of pyridine rings is 1. The predicted octanol–water partition coefficient (Wildman–Crippen LogP) is 2.58. The molecule has 25 heavy (non-hydrogen) atoms. The molecular formula is C20H27N3O2. The van der Waals surface area contributed by atoms with Crippen LogP contribution in [0.15, 0.2) is 24.5 Å². The van der Waals surface area contributed by atoms with Crippen molar-refractivity contribution in [3.63, 3.8) is 0 Å². The number of aromatic nitrogens is 2. The summed E-state index contributed by atoms with van der Waals surface area (Å²) in [4.78, 5) is 19.3. The number of imidazole rings is 1. The monoisotopic (exact) mass is 341 g/mol. The zero-order valence-corrected chi connectivity index (χ0v) is 15.1. The molecule has 4 rings (SSSR count). The summed E-state index contributed by atoms with van der Waals surface area (Å²) in [6, 6.07) is 4.02. The molecule has 0 bridgehead atoms. The number of carbonyl (C=O) groups is 1. The van der Waals surface area contributed by atoms with Crippen LogP contribution in [-0.2, 0) is 11.2 Å². The van der Waals surface area contributed by atoms with Crippen LogP contribution in [0, 0.1) is 18.8 Å². The molecule has 2 aromatic heterocycles. The third-order valence-electron chi connectivity index (χ3n) is 6.42. The Morgan fingerprint density at radius 1 is 1.44 bits per heavy atom. The minimum Gasteiger partial charge on any atom is -0.390 e. The summed E-state index contributed by atoms with van der Waals surface area (Å²) < 4.78 is 2.01. The maximum Gasteiger partial charge on any atom is 0.228 e. The van der Waals surface area contributed by atoms with Crippen molar-refractivity contribution in [3.8, 4) is 0 Å². The summed E-state index contributed by atoms with van der Waals surface area (Å²) in [6.07, 6.45) is 8.01. The average molecular weight is 341 g/mol. The minimum absolute atomic E-state index is 0.149. The van der Waals surface area contributed by atoms with Crippen molar-refractivity contribution in [2.24, 2.45) is 11.8 Å². The molecule has 0 spiro atoms. The van der Waals surface area contributed by atoms with E-state index < -0.39 is 5.60 Å². The van der Waals surface area contributed by atoms with Crippen molar-refractivity contribution in [2.45, 2.75) is 51.6 Å². The molecule has 5 heteroatoms. The summed E-state index contributed by atoms with van der Waals surface area (Å²) in [5.74, 6) is 0.836. The SMILES string of the molecule is CC[C@]1(O)CCC[C@H]2CN(C(=O)Cc3cnc4c(C)cccn34)C[C@H]21. The van der Waals surface area contributed by atoms with E-state index in [-0.39, 0.29) is 11.8 Å². The van der Waals surface area contributed by atoms with E-state index in [4.69, 9.17) is 0 Å². The first-order valence-electron chi connectivity index (χ1n) is 9.43. The molecule has 1 N–H and O–H groups in total. The van der Waals surface area contributed by atoms with Crippen molar-refractivity contribution >= 4 is 11.6 Å². The molecule has 1 saturated carbocycles. The second-order valence-electron chi connectivity index (χ2n) is 7.83. The van der Waals surface area contributed by atoms with Crippen molar-refractivity contribution in [2.75, 3.05) is 13.1 Å². The zero-order chi connectivity index (χ0) is 17.6. The average Bonchev–Trinajstić information content (AvgIpc) is 3.21. The number of nitrogens with zero attached hydrogens (tertiary/aromatic N) is 3. The van der Waals surface area contributed by atoms with Gasteiger partial charge in [0.05, 0.1) is 17.7 Å². The fourth-order valence-corrected chi connectivity index (χ4v) is 4.87. The van der Waals surface area contributed by atoms with Gasteiger partial charge in [-0.05, 0) is 43.7 Å². The molecule has 1 aliphatic heterocycles. The number of aryl methyl sites for hydroxylation is 1. The van der Waals surface area contributed by atoms with Gasteiger partial charge in [0.2, 0.25) is 5.91 Å². The molecule has 0 aromatic carbocycles. The second kappa shape index (κ2) is 6.13. The highest BCUT2D eigenvalue weighted by molar-refractivity contribution is 5.79. The molecule has 3 heterocycles. The standard InChI is InChI=1S/C20H27N3O2/c1-3-20(25)8-4-7-15-12-22(13-17(15)20)18(24)10-16-11-21-19-14(2)6-5-9-23(16)19/h5-6,9,11,15,17,25H,3-4,7-8,10,12-13H2,1-2H3/t15-,17+,20-/m0/s1. The van der Waals surface area contributed by atoms with Gasteiger partial charge >= 0.3 is 0 Å². The van der Waals surface area contributed by atoms with Crippen LogP contribution < -0.4 is 0 Å². The Balaban J connectivity index is 1.51. The van der Waals surface area contributed by atoms with Crippen LogP contribution in [0.4, 0.5) is 0 Å². The number of carbonyl (C=O) groups excluding carboxylic acids is 1. The predicted molar refractivity (Wildman–Crippen MR) is 96.3 cm³/mol. The van der Waals surface area contributed by atoms with E-state index >= 15 is 0 Å². The summed E-state index contributed by atoms with van der Waals surface area (Å²) >= 11 is 0. The fourth-order valence-electron chi connectivity index (χ4n) is 4.87. The molecule has 1 amide bonds. The van der Waals surface area contributed by atoms with Crippen LogP contribution in [0.1, 0.15) is 43.9 Å². The van der Waals surface area contributed by atoms with Crippen LogP contribution in [0.2, 0.25) is 0 Å². The molecule has 2 aromatic rings. The maximum absolute atomic E-state index is 12.9. The van der Waals surface area contributed by atoms with Gasteiger partial charge < -0.3 is 14.4 Å². The maximum atomic E-state index is 12.9. The van der Waals surface area contributed by atoms with Gasteiger partial charge in [0.1, 0.15) is 5.65 Å². The number of fused-ring (bicyclic) bond motifs is 2. The first kappa shape index (κ1) is 16.6. The van der Waals surface area contributed by atoms with E-state index in [1.54, 1.807) is 0 Å². The Kier molecular flexibility index (Phi) is 4.07. The normalized spacial score (nSPS) is 29.2. The smallest absolute Gasteiger partial charge is 0.228 e.